The molecule has 3 heteroatoms. The molecular formula is C16H23N3. The summed E-state index contributed by atoms with van der Waals surface area (Å²) in [7, 11) is 1.95. The second kappa shape index (κ2) is 5.91. The minimum atomic E-state index is 0.515. The number of nitrogens with one attached hydrogen (secondary N) is 1. The Kier molecular flexibility index (Phi) is 4.25. The highest BCUT2D eigenvalue weighted by molar-refractivity contribution is 5.46. The summed E-state index contributed by atoms with van der Waals surface area (Å²) in [5.41, 5.74) is 3.58. The zero-order valence-corrected chi connectivity index (χ0v) is 12.2. The molecule has 0 fully saturated rings. The average Bonchev–Trinajstić information content (AvgIpc) is 2.69. The molecule has 1 aromatic carbocycles. The topological polar surface area (TPSA) is 29.9 Å². The molecule has 0 aliphatic rings. The standard InChI is InChI=1S/C16H23N3/c1-12(2)15(14-8-6-5-7-9-14)10-17-16-11-19(4)18-13(16)3/h5-9,11-12,15,17H,10H2,1-4H3. The van der Waals surface area contributed by atoms with Crippen LogP contribution in [0.3, 0.4) is 0 Å². The van der Waals surface area contributed by atoms with Gasteiger partial charge in [0.1, 0.15) is 0 Å². The van der Waals surface area contributed by atoms with Crippen LogP contribution in [0.1, 0.15) is 31.0 Å². The van der Waals surface area contributed by atoms with Crippen LogP contribution < -0.4 is 5.32 Å². The molecule has 1 atom stereocenters. The summed E-state index contributed by atoms with van der Waals surface area (Å²) in [5, 5.41) is 7.89. The maximum Gasteiger partial charge on any atom is 0.0824 e. The van der Waals surface area contributed by atoms with Crippen LogP contribution in [0, 0.1) is 12.8 Å². The minimum Gasteiger partial charge on any atom is -0.382 e. The van der Waals surface area contributed by atoms with Crippen LogP contribution in [0.5, 0.6) is 0 Å². The second-order valence-electron chi connectivity index (χ2n) is 5.44. The van der Waals surface area contributed by atoms with E-state index in [2.05, 4.69) is 54.6 Å². The van der Waals surface area contributed by atoms with Crippen LogP contribution in [0.15, 0.2) is 36.5 Å². The highest BCUT2D eigenvalue weighted by Crippen LogP contribution is 2.25. The monoisotopic (exact) mass is 257 g/mol. The van der Waals surface area contributed by atoms with Gasteiger partial charge in [-0.15, -0.1) is 0 Å². The van der Waals surface area contributed by atoms with Crippen molar-refractivity contribution in [1.29, 1.82) is 0 Å². The molecule has 0 aliphatic carbocycles. The van der Waals surface area contributed by atoms with E-state index >= 15 is 0 Å². The van der Waals surface area contributed by atoms with E-state index in [4.69, 9.17) is 0 Å². The van der Waals surface area contributed by atoms with Crippen molar-refractivity contribution >= 4 is 5.69 Å². The first-order valence-electron chi connectivity index (χ1n) is 6.87. The van der Waals surface area contributed by atoms with Crippen molar-refractivity contribution in [3.63, 3.8) is 0 Å². The van der Waals surface area contributed by atoms with Gasteiger partial charge in [-0.05, 0) is 18.4 Å². The fourth-order valence-electron chi connectivity index (χ4n) is 2.43. The van der Waals surface area contributed by atoms with Crippen molar-refractivity contribution in [3.8, 4) is 0 Å². The molecule has 2 aromatic rings. The molecular weight excluding hydrogens is 234 g/mol. The quantitative estimate of drug-likeness (QED) is 0.887. The van der Waals surface area contributed by atoms with Crippen molar-refractivity contribution in [2.75, 3.05) is 11.9 Å². The Labute approximate surface area is 115 Å². The molecule has 3 nitrogen and oxygen atoms in total. The van der Waals surface area contributed by atoms with Gasteiger partial charge in [0.15, 0.2) is 0 Å². The number of rotatable bonds is 5. The van der Waals surface area contributed by atoms with Gasteiger partial charge in [0.2, 0.25) is 0 Å². The van der Waals surface area contributed by atoms with E-state index in [1.54, 1.807) is 0 Å². The van der Waals surface area contributed by atoms with Crippen molar-refractivity contribution in [3.05, 3.63) is 47.8 Å². The Morgan fingerprint density at radius 1 is 1.21 bits per heavy atom. The lowest BCUT2D eigenvalue weighted by Crippen LogP contribution is -2.17. The molecule has 0 spiro atoms. The van der Waals surface area contributed by atoms with Crippen LogP contribution in [0.4, 0.5) is 5.69 Å². The molecule has 1 heterocycles. The van der Waals surface area contributed by atoms with Crippen LogP contribution in [0.2, 0.25) is 0 Å². The number of anilines is 1. The smallest absolute Gasteiger partial charge is 0.0824 e. The normalized spacial score (nSPS) is 12.7. The van der Waals surface area contributed by atoms with Crippen LogP contribution in [-0.2, 0) is 7.05 Å². The number of hydrogen-bond acceptors (Lipinski definition) is 2. The number of aromatic nitrogens is 2. The van der Waals surface area contributed by atoms with E-state index in [0.717, 1.165) is 17.9 Å². The predicted octanol–water partition coefficient (Wildman–Crippen LogP) is 3.58. The summed E-state index contributed by atoms with van der Waals surface area (Å²) in [5.74, 6) is 1.12. The highest BCUT2D eigenvalue weighted by Gasteiger charge is 2.16. The number of nitrogens with zero attached hydrogens (tertiary/aromatic N) is 2. The number of aryl methyl sites for hydroxylation is 2. The maximum atomic E-state index is 4.36. The van der Waals surface area contributed by atoms with Gasteiger partial charge in [-0.25, -0.2) is 0 Å². The first-order valence-corrected chi connectivity index (χ1v) is 6.87. The van der Waals surface area contributed by atoms with Crippen molar-refractivity contribution in [2.45, 2.75) is 26.7 Å². The highest BCUT2D eigenvalue weighted by atomic mass is 15.3. The second-order valence-corrected chi connectivity index (χ2v) is 5.44. The lowest BCUT2D eigenvalue weighted by Gasteiger charge is -2.22. The first kappa shape index (κ1) is 13.7. The van der Waals surface area contributed by atoms with Gasteiger partial charge in [0, 0.05) is 25.7 Å². The van der Waals surface area contributed by atoms with Gasteiger partial charge in [0.25, 0.3) is 0 Å². The van der Waals surface area contributed by atoms with Crippen LogP contribution in [-0.4, -0.2) is 16.3 Å². The SMILES string of the molecule is Cc1nn(C)cc1NCC(c1ccccc1)C(C)C. The molecule has 1 N–H and O–H groups in total. The molecule has 19 heavy (non-hydrogen) atoms. The van der Waals surface area contributed by atoms with Gasteiger partial charge >= 0.3 is 0 Å². The van der Waals surface area contributed by atoms with Gasteiger partial charge in [-0.3, -0.25) is 4.68 Å². The molecule has 2 rings (SSSR count). The Balaban J connectivity index is 2.08. The summed E-state index contributed by atoms with van der Waals surface area (Å²) in [6.45, 7) is 7.52. The molecule has 0 radical (unpaired) electrons. The number of hydrogen-bond donors (Lipinski definition) is 1. The van der Waals surface area contributed by atoms with E-state index in [1.165, 1.54) is 5.56 Å². The summed E-state index contributed by atoms with van der Waals surface area (Å²) in [6, 6.07) is 10.7. The molecule has 0 saturated heterocycles. The molecule has 102 valence electrons. The van der Waals surface area contributed by atoms with Gasteiger partial charge < -0.3 is 5.32 Å². The third-order valence-electron chi connectivity index (χ3n) is 3.56. The van der Waals surface area contributed by atoms with E-state index in [-0.39, 0.29) is 0 Å². The molecule has 0 amide bonds. The van der Waals surface area contributed by atoms with E-state index in [9.17, 15) is 0 Å². The van der Waals surface area contributed by atoms with E-state index < -0.39 is 0 Å². The maximum absolute atomic E-state index is 4.36. The van der Waals surface area contributed by atoms with E-state index in [1.807, 2.05) is 24.9 Å². The third kappa shape index (κ3) is 3.37. The largest absolute Gasteiger partial charge is 0.382 e. The van der Waals surface area contributed by atoms with Gasteiger partial charge in [0.05, 0.1) is 11.4 Å². The Morgan fingerprint density at radius 2 is 1.89 bits per heavy atom. The summed E-state index contributed by atoms with van der Waals surface area (Å²) < 4.78 is 1.85. The molecule has 1 unspecified atom stereocenters. The van der Waals surface area contributed by atoms with Gasteiger partial charge in [-0.1, -0.05) is 44.2 Å². The minimum absolute atomic E-state index is 0.515. The fourth-order valence-corrected chi connectivity index (χ4v) is 2.43. The Bertz CT molecular complexity index is 514. The van der Waals surface area contributed by atoms with Crippen molar-refractivity contribution in [1.82, 2.24) is 9.78 Å². The molecule has 0 bridgehead atoms. The summed E-state index contributed by atoms with van der Waals surface area (Å²) in [4.78, 5) is 0. The van der Waals surface area contributed by atoms with E-state index in [0.29, 0.717) is 11.8 Å². The summed E-state index contributed by atoms with van der Waals surface area (Å²) >= 11 is 0. The lowest BCUT2D eigenvalue weighted by atomic mass is 9.88. The van der Waals surface area contributed by atoms with Crippen LogP contribution >= 0.6 is 0 Å². The van der Waals surface area contributed by atoms with Gasteiger partial charge in [-0.2, -0.15) is 5.10 Å². The number of benzene rings is 1. The van der Waals surface area contributed by atoms with Crippen molar-refractivity contribution < 1.29 is 0 Å². The Hall–Kier alpha value is -1.77. The van der Waals surface area contributed by atoms with Crippen molar-refractivity contribution in [2.24, 2.45) is 13.0 Å². The van der Waals surface area contributed by atoms with Crippen LogP contribution in [0.25, 0.3) is 0 Å². The zero-order chi connectivity index (χ0) is 13.8. The summed E-state index contributed by atoms with van der Waals surface area (Å²) in [6.07, 6.45) is 2.04. The molecule has 0 saturated carbocycles. The molecule has 0 aliphatic heterocycles. The Morgan fingerprint density at radius 3 is 2.42 bits per heavy atom. The fraction of sp³-hybridized carbons (Fsp3) is 0.438. The zero-order valence-electron chi connectivity index (χ0n) is 12.2. The lowest BCUT2D eigenvalue weighted by molar-refractivity contribution is 0.517. The third-order valence-corrected chi connectivity index (χ3v) is 3.56. The average molecular weight is 257 g/mol. The molecule has 1 aromatic heterocycles. The first-order chi connectivity index (χ1) is 9.08. The predicted molar refractivity (Wildman–Crippen MR) is 80.5 cm³/mol.